The number of nitriles is 2. The van der Waals surface area contributed by atoms with Gasteiger partial charge in [0.05, 0.1) is 12.1 Å². The Morgan fingerprint density at radius 2 is 1.69 bits per heavy atom. The Morgan fingerprint density at radius 3 is 1.92 bits per heavy atom. The number of hydrogen-bond donors (Lipinski definition) is 0. The molecule has 3 heteroatoms. The first-order valence-electron chi connectivity index (χ1n) is 4.45. The van der Waals surface area contributed by atoms with Gasteiger partial charge in [-0.2, -0.15) is 10.5 Å². The molecular formula is C10H14N2O. The van der Waals surface area contributed by atoms with Crippen LogP contribution in [0.15, 0.2) is 0 Å². The van der Waals surface area contributed by atoms with E-state index in [1.807, 2.05) is 19.1 Å². The van der Waals surface area contributed by atoms with Gasteiger partial charge in [-0.05, 0) is 19.3 Å². The number of carbonyl (C=O) groups excluding carboxylic acids is 1. The van der Waals surface area contributed by atoms with E-state index >= 15 is 0 Å². The molecule has 0 aliphatic rings. The van der Waals surface area contributed by atoms with Crippen LogP contribution in [0.25, 0.3) is 0 Å². The van der Waals surface area contributed by atoms with Crippen LogP contribution in [0.5, 0.6) is 0 Å². The molecule has 0 saturated carbocycles. The monoisotopic (exact) mass is 178 g/mol. The van der Waals surface area contributed by atoms with Gasteiger partial charge < -0.3 is 4.79 Å². The summed E-state index contributed by atoms with van der Waals surface area (Å²) in [6.45, 7) is 1.92. The summed E-state index contributed by atoms with van der Waals surface area (Å²) in [6.07, 6.45) is 3.54. The molecule has 0 aromatic heterocycles. The Balaban J connectivity index is 4.24. The summed E-state index contributed by atoms with van der Waals surface area (Å²) in [7, 11) is 0. The van der Waals surface area contributed by atoms with Crippen molar-refractivity contribution in [1.29, 1.82) is 10.5 Å². The Bertz CT molecular complexity index is 216. The summed E-state index contributed by atoms with van der Waals surface area (Å²) in [6, 6.07) is 4.05. The average molecular weight is 178 g/mol. The van der Waals surface area contributed by atoms with Gasteiger partial charge >= 0.3 is 0 Å². The van der Waals surface area contributed by atoms with E-state index in [0.717, 1.165) is 6.29 Å². The van der Waals surface area contributed by atoms with Crippen LogP contribution in [0.4, 0.5) is 0 Å². The van der Waals surface area contributed by atoms with E-state index in [9.17, 15) is 4.79 Å². The molecule has 0 rings (SSSR count). The largest absolute Gasteiger partial charge is 0.303 e. The van der Waals surface area contributed by atoms with Gasteiger partial charge in [0.25, 0.3) is 0 Å². The zero-order valence-corrected chi connectivity index (χ0v) is 7.92. The molecule has 70 valence electrons. The van der Waals surface area contributed by atoms with Crippen molar-refractivity contribution < 1.29 is 4.79 Å². The van der Waals surface area contributed by atoms with Gasteiger partial charge in [-0.1, -0.05) is 6.92 Å². The van der Waals surface area contributed by atoms with Crippen molar-refractivity contribution in [3.05, 3.63) is 0 Å². The Kier molecular flexibility index (Phi) is 5.55. The van der Waals surface area contributed by atoms with Crippen LogP contribution in [0.2, 0.25) is 0 Å². The molecule has 0 aliphatic carbocycles. The third-order valence-electron chi connectivity index (χ3n) is 2.42. The zero-order valence-electron chi connectivity index (χ0n) is 7.92. The molecule has 0 aromatic rings. The molecule has 0 fully saturated rings. The fourth-order valence-electron chi connectivity index (χ4n) is 1.29. The molecule has 0 amide bonds. The summed E-state index contributed by atoms with van der Waals surface area (Å²) >= 11 is 0. The molecule has 0 unspecified atom stereocenters. The lowest BCUT2D eigenvalue weighted by atomic mass is 9.78. The van der Waals surface area contributed by atoms with Crippen molar-refractivity contribution in [3.8, 4) is 12.1 Å². The van der Waals surface area contributed by atoms with Gasteiger partial charge in [0, 0.05) is 18.3 Å². The highest BCUT2D eigenvalue weighted by Crippen LogP contribution is 2.30. The number of rotatable bonds is 6. The Morgan fingerprint density at radius 1 is 1.23 bits per heavy atom. The third kappa shape index (κ3) is 3.71. The average Bonchev–Trinajstić information content (AvgIpc) is 2.20. The molecule has 0 aliphatic heterocycles. The summed E-state index contributed by atoms with van der Waals surface area (Å²) < 4.78 is 0. The van der Waals surface area contributed by atoms with Crippen molar-refractivity contribution in [1.82, 2.24) is 0 Å². The smallest absolute Gasteiger partial charge is 0.126 e. The molecule has 0 saturated heterocycles. The second-order valence-corrected chi connectivity index (χ2v) is 3.15. The van der Waals surface area contributed by atoms with Gasteiger partial charge in [0.1, 0.15) is 6.29 Å². The van der Waals surface area contributed by atoms with Gasteiger partial charge in [-0.3, -0.25) is 0 Å². The van der Waals surface area contributed by atoms with E-state index in [1.54, 1.807) is 0 Å². The molecule has 3 nitrogen and oxygen atoms in total. The predicted molar refractivity (Wildman–Crippen MR) is 48.5 cm³/mol. The van der Waals surface area contributed by atoms with Crippen molar-refractivity contribution in [2.45, 2.75) is 39.0 Å². The molecule has 0 heterocycles. The van der Waals surface area contributed by atoms with Crippen LogP contribution in [0, 0.1) is 28.1 Å². The third-order valence-corrected chi connectivity index (χ3v) is 2.42. The first kappa shape index (κ1) is 11.6. The summed E-state index contributed by atoms with van der Waals surface area (Å²) in [5, 5.41) is 16.8. The highest BCUT2D eigenvalue weighted by molar-refractivity contribution is 5.59. The predicted octanol–water partition coefficient (Wildman–Crippen LogP) is 2.19. The maximum Gasteiger partial charge on any atom is 0.126 e. The highest BCUT2D eigenvalue weighted by atomic mass is 16.1. The first-order chi connectivity index (χ1) is 6.24. The summed E-state index contributed by atoms with van der Waals surface area (Å²) in [5.41, 5.74) is -0.439. The Labute approximate surface area is 79.0 Å². The molecule has 13 heavy (non-hydrogen) atoms. The van der Waals surface area contributed by atoms with Crippen LogP contribution in [-0.4, -0.2) is 6.29 Å². The minimum Gasteiger partial charge on any atom is -0.303 e. The van der Waals surface area contributed by atoms with E-state index < -0.39 is 5.41 Å². The van der Waals surface area contributed by atoms with Crippen LogP contribution in [0.3, 0.4) is 0 Å². The lowest BCUT2D eigenvalue weighted by molar-refractivity contribution is -0.117. The number of hydrogen-bond acceptors (Lipinski definition) is 3. The lowest BCUT2D eigenvalue weighted by Crippen LogP contribution is -2.21. The fraction of sp³-hybridized carbons (Fsp3) is 0.700. The maximum atomic E-state index is 10.9. The van der Waals surface area contributed by atoms with Crippen LogP contribution < -0.4 is 0 Å². The molecule has 0 aromatic carbocycles. The zero-order chi connectivity index (χ0) is 10.2. The van der Waals surface area contributed by atoms with E-state index in [1.165, 1.54) is 0 Å². The topological polar surface area (TPSA) is 64.7 Å². The lowest BCUT2D eigenvalue weighted by Gasteiger charge is -2.23. The summed E-state index contributed by atoms with van der Waals surface area (Å²) in [4.78, 5) is 10.9. The molecule has 0 N–H and O–H groups in total. The van der Waals surface area contributed by atoms with Gasteiger partial charge in [-0.25, -0.2) is 0 Å². The van der Waals surface area contributed by atoms with Gasteiger partial charge in [0.2, 0.25) is 0 Å². The van der Waals surface area contributed by atoms with Crippen LogP contribution in [-0.2, 0) is 4.79 Å². The molecule has 0 spiro atoms. The van der Waals surface area contributed by atoms with E-state index in [-0.39, 0.29) is 0 Å². The molecule has 0 radical (unpaired) electrons. The van der Waals surface area contributed by atoms with Gasteiger partial charge in [0.15, 0.2) is 0 Å². The van der Waals surface area contributed by atoms with E-state index in [2.05, 4.69) is 0 Å². The second-order valence-electron chi connectivity index (χ2n) is 3.15. The molecular weight excluding hydrogens is 164 g/mol. The van der Waals surface area contributed by atoms with Gasteiger partial charge in [-0.15, -0.1) is 0 Å². The quantitative estimate of drug-likeness (QED) is 0.585. The van der Waals surface area contributed by atoms with Crippen LogP contribution in [0.1, 0.15) is 39.0 Å². The molecule has 0 atom stereocenters. The maximum absolute atomic E-state index is 10.9. The first-order valence-corrected chi connectivity index (χ1v) is 4.45. The SMILES string of the molecule is CCC(C=O)(CCC#N)CCC#N. The van der Waals surface area contributed by atoms with Crippen molar-refractivity contribution in [2.24, 2.45) is 5.41 Å². The summed E-state index contributed by atoms with van der Waals surface area (Å²) in [5.74, 6) is 0. The van der Waals surface area contributed by atoms with E-state index in [4.69, 9.17) is 10.5 Å². The fourth-order valence-corrected chi connectivity index (χ4v) is 1.29. The van der Waals surface area contributed by atoms with E-state index in [0.29, 0.717) is 32.1 Å². The van der Waals surface area contributed by atoms with Crippen molar-refractivity contribution in [2.75, 3.05) is 0 Å². The number of aldehydes is 1. The minimum atomic E-state index is -0.439. The normalized spacial score (nSPS) is 10.1. The standard InChI is InChI=1S/C10H14N2O/c1-2-10(9-13,5-3-7-11)6-4-8-12/h9H,2-6H2,1H3. The minimum absolute atomic E-state index is 0.387. The molecule has 0 bridgehead atoms. The second kappa shape index (κ2) is 6.20. The Hall–Kier alpha value is -1.35. The number of nitrogens with zero attached hydrogens (tertiary/aromatic N) is 2. The van der Waals surface area contributed by atoms with Crippen molar-refractivity contribution >= 4 is 6.29 Å². The van der Waals surface area contributed by atoms with Crippen LogP contribution >= 0.6 is 0 Å². The number of carbonyl (C=O) groups is 1. The highest BCUT2D eigenvalue weighted by Gasteiger charge is 2.26. The van der Waals surface area contributed by atoms with Crippen molar-refractivity contribution in [3.63, 3.8) is 0 Å².